The first kappa shape index (κ1) is 24.2. The maximum atomic E-state index is 14.4. The molecule has 1 aliphatic rings. The van der Waals surface area contributed by atoms with Gasteiger partial charge < -0.3 is 19.6 Å². The minimum atomic E-state index is -2.57. The van der Waals surface area contributed by atoms with Gasteiger partial charge in [0.25, 0.3) is 6.43 Å². The number of benzene rings is 2. The Morgan fingerprint density at radius 2 is 1.97 bits per heavy atom. The molecule has 8 heteroatoms. The summed E-state index contributed by atoms with van der Waals surface area (Å²) in [6.07, 6.45) is -0.277. The third-order valence-corrected chi connectivity index (χ3v) is 6.72. The number of likely N-dealkylation sites (tertiary alicyclic amines) is 1. The zero-order valence-electron chi connectivity index (χ0n) is 19.6. The summed E-state index contributed by atoms with van der Waals surface area (Å²) in [5.74, 6) is -0.367. The number of ether oxygens (including phenoxy) is 2. The molecule has 4 rings (SSSR count). The van der Waals surface area contributed by atoms with Crippen LogP contribution in [0.15, 0.2) is 42.6 Å². The summed E-state index contributed by atoms with van der Waals surface area (Å²) < 4.78 is 40.3. The van der Waals surface area contributed by atoms with E-state index in [-0.39, 0.29) is 30.7 Å². The van der Waals surface area contributed by atoms with Gasteiger partial charge in [0.2, 0.25) is 0 Å². The Kier molecular flexibility index (Phi) is 7.19. The molecule has 182 valence electrons. The molecule has 3 aromatic rings. The quantitative estimate of drug-likeness (QED) is 0.449. The van der Waals surface area contributed by atoms with E-state index in [0.29, 0.717) is 18.8 Å². The number of H-pyrrole nitrogens is 1. The number of piperidine rings is 1. The third-order valence-electron chi connectivity index (χ3n) is 6.72. The van der Waals surface area contributed by atoms with Gasteiger partial charge >= 0.3 is 5.97 Å². The number of aromatic amines is 1. The van der Waals surface area contributed by atoms with Crippen LogP contribution in [0.3, 0.4) is 0 Å². The predicted molar refractivity (Wildman–Crippen MR) is 126 cm³/mol. The van der Waals surface area contributed by atoms with Gasteiger partial charge in [-0.25, -0.2) is 13.6 Å². The SMILES string of the molecule is CCO[C@H]1C[C@@H](c2ccc(C(=O)O)cc2)N(Cc2c(OC)cc(C)c3[nH]ccc23)[C@H](C(F)F)C1. The van der Waals surface area contributed by atoms with Crippen LogP contribution >= 0.6 is 0 Å². The molecule has 1 aromatic heterocycles. The van der Waals surface area contributed by atoms with E-state index in [1.54, 1.807) is 19.2 Å². The van der Waals surface area contributed by atoms with Crippen LogP contribution in [-0.2, 0) is 11.3 Å². The highest BCUT2D eigenvalue weighted by Gasteiger charge is 2.41. The molecule has 0 bridgehead atoms. The number of methoxy groups -OCH3 is 1. The smallest absolute Gasteiger partial charge is 0.335 e. The van der Waals surface area contributed by atoms with Crippen LogP contribution in [0.2, 0.25) is 0 Å². The molecule has 2 heterocycles. The number of nitrogens with zero attached hydrogens (tertiary/aromatic N) is 1. The number of aromatic nitrogens is 1. The molecule has 0 amide bonds. The highest BCUT2D eigenvalue weighted by Crippen LogP contribution is 2.41. The molecule has 34 heavy (non-hydrogen) atoms. The summed E-state index contributed by atoms with van der Waals surface area (Å²) in [6, 6.07) is 8.97. The Bertz CT molecular complexity index is 1150. The summed E-state index contributed by atoms with van der Waals surface area (Å²) in [5.41, 5.74) is 3.76. The minimum absolute atomic E-state index is 0.159. The molecule has 0 aliphatic carbocycles. The lowest BCUT2D eigenvalue weighted by Crippen LogP contribution is -2.50. The van der Waals surface area contributed by atoms with Crippen LogP contribution in [0.1, 0.15) is 52.9 Å². The standard InChI is InChI=1S/C26H30F2N2O4/c1-4-34-18-12-21(16-5-7-17(8-6-16)26(31)32)30(22(13-18)25(27)28)14-20-19-9-10-29-24(19)15(2)11-23(20)33-3/h5-11,18,21-22,25,29H,4,12-14H2,1-3H3,(H,31,32)/t18-,21-,22-/m0/s1. The average Bonchev–Trinajstić information content (AvgIpc) is 3.32. The largest absolute Gasteiger partial charge is 0.496 e. The summed E-state index contributed by atoms with van der Waals surface area (Å²) in [4.78, 5) is 16.4. The van der Waals surface area contributed by atoms with Crippen molar-refractivity contribution in [1.82, 2.24) is 9.88 Å². The predicted octanol–water partition coefficient (Wildman–Crippen LogP) is 5.56. The average molecular weight is 473 g/mol. The molecule has 0 unspecified atom stereocenters. The van der Waals surface area contributed by atoms with E-state index < -0.39 is 18.4 Å². The number of halogens is 2. The number of carboxylic acids is 1. The molecule has 3 atom stereocenters. The fraction of sp³-hybridized carbons (Fsp3) is 0.423. The van der Waals surface area contributed by atoms with E-state index in [9.17, 15) is 18.7 Å². The molecule has 0 saturated carbocycles. The van der Waals surface area contributed by atoms with E-state index in [4.69, 9.17) is 9.47 Å². The molecule has 0 radical (unpaired) electrons. The monoisotopic (exact) mass is 472 g/mol. The van der Waals surface area contributed by atoms with E-state index in [2.05, 4.69) is 4.98 Å². The Hall–Kier alpha value is -2.97. The van der Waals surface area contributed by atoms with Crippen molar-refractivity contribution in [1.29, 1.82) is 0 Å². The van der Waals surface area contributed by atoms with Crippen LogP contribution in [0.25, 0.3) is 10.9 Å². The van der Waals surface area contributed by atoms with Gasteiger partial charge in [-0.1, -0.05) is 12.1 Å². The van der Waals surface area contributed by atoms with E-state index >= 15 is 0 Å². The number of carboxylic acid groups (broad SMARTS) is 1. The van der Waals surface area contributed by atoms with E-state index in [1.807, 2.05) is 37.1 Å². The van der Waals surface area contributed by atoms with Crippen LogP contribution in [0.5, 0.6) is 5.75 Å². The topological polar surface area (TPSA) is 74.8 Å². The first-order chi connectivity index (χ1) is 16.3. The fourth-order valence-corrected chi connectivity index (χ4v) is 5.10. The van der Waals surface area contributed by atoms with Crippen molar-refractivity contribution in [2.75, 3.05) is 13.7 Å². The summed E-state index contributed by atoms with van der Waals surface area (Å²) in [6.45, 7) is 4.55. The van der Waals surface area contributed by atoms with Crippen molar-refractivity contribution < 1.29 is 28.2 Å². The van der Waals surface area contributed by atoms with Crippen LogP contribution < -0.4 is 4.74 Å². The number of aryl methyl sites for hydroxylation is 1. The van der Waals surface area contributed by atoms with Gasteiger partial charge in [0.05, 0.1) is 24.8 Å². The summed E-state index contributed by atoms with van der Waals surface area (Å²) in [5, 5.41) is 10.2. The molecule has 0 spiro atoms. The maximum absolute atomic E-state index is 14.4. The second-order valence-electron chi connectivity index (χ2n) is 8.71. The molecule has 1 aliphatic heterocycles. The number of rotatable bonds is 8. The van der Waals surface area contributed by atoms with Crippen molar-refractivity contribution in [3.05, 3.63) is 64.8 Å². The molecule has 2 N–H and O–H groups in total. The Balaban J connectivity index is 1.79. The maximum Gasteiger partial charge on any atom is 0.335 e. The fourth-order valence-electron chi connectivity index (χ4n) is 5.10. The lowest BCUT2D eigenvalue weighted by molar-refractivity contribution is -0.0881. The molecular weight excluding hydrogens is 442 g/mol. The van der Waals surface area contributed by atoms with Gasteiger partial charge in [-0.05, 0) is 62.1 Å². The first-order valence-electron chi connectivity index (χ1n) is 11.5. The molecule has 1 fully saturated rings. The van der Waals surface area contributed by atoms with E-state index in [0.717, 1.165) is 27.6 Å². The number of alkyl halides is 2. The van der Waals surface area contributed by atoms with Crippen molar-refractivity contribution in [3.63, 3.8) is 0 Å². The summed E-state index contributed by atoms with van der Waals surface area (Å²) in [7, 11) is 1.59. The molecular formula is C26H30F2N2O4. The second kappa shape index (κ2) is 10.1. The molecule has 2 aromatic carbocycles. The Labute approximate surface area is 197 Å². The minimum Gasteiger partial charge on any atom is -0.496 e. The zero-order chi connectivity index (χ0) is 24.4. The number of fused-ring (bicyclic) bond motifs is 1. The van der Waals surface area contributed by atoms with Gasteiger partial charge in [-0.15, -0.1) is 0 Å². The van der Waals surface area contributed by atoms with Crippen molar-refractivity contribution in [3.8, 4) is 5.75 Å². The Morgan fingerprint density at radius 3 is 2.59 bits per heavy atom. The van der Waals surface area contributed by atoms with Gasteiger partial charge in [0.15, 0.2) is 0 Å². The van der Waals surface area contributed by atoms with Gasteiger partial charge in [-0.3, -0.25) is 4.90 Å². The number of hydrogen-bond acceptors (Lipinski definition) is 4. The normalized spacial score (nSPS) is 21.3. The highest BCUT2D eigenvalue weighted by molar-refractivity contribution is 5.88. The molecule has 6 nitrogen and oxygen atoms in total. The number of nitrogens with one attached hydrogen (secondary N) is 1. The van der Waals surface area contributed by atoms with Crippen molar-refractivity contribution in [2.45, 2.75) is 57.8 Å². The van der Waals surface area contributed by atoms with Gasteiger partial charge in [0.1, 0.15) is 5.75 Å². The van der Waals surface area contributed by atoms with Crippen LogP contribution in [-0.4, -0.2) is 53.2 Å². The van der Waals surface area contributed by atoms with Crippen LogP contribution in [0, 0.1) is 6.92 Å². The van der Waals surface area contributed by atoms with Gasteiger partial charge in [0, 0.05) is 41.9 Å². The first-order valence-corrected chi connectivity index (χ1v) is 11.5. The van der Waals surface area contributed by atoms with Crippen molar-refractivity contribution >= 4 is 16.9 Å². The van der Waals surface area contributed by atoms with Crippen molar-refractivity contribution in [2.24, 2.45) is 0 Å². The number of hydrogen-bond donors (Lipinski definition) is 2. The van der Waals surface area contributed by atoms with E-state index in [1.165, 1.54) is 12.1 Å². The number of aromatic carboxylic acids is 1. The third kappa shape index (κ3) is 4.65. The van der Waals surface area contributed by atoms with Crippen LogP contribution in [0.4, 0.5) is 8.78 Å². The highest BCUT2D eigenvalue weighted by atomic mass is 19.3. The zero-order valence-corrected chi connectivity index (χ0v) is 19.6. The number of carbonyl (C=O) groups is 1. The Morgan fingerprint density at radius 1 is 1.24 bits per heavy atom. The second-order valence-corrected chi connectivity index (χ2v) is 8.71. The lowest BCUT2D eigenvalue weighted by Gasteiger charge is -2.45. The van der Waals surface area contributed by atoms with Gasteiger partial charge in [-0.2, -0.15) is 0 Å². The molecule has 1 saturated heterocycles. The lowest BCUT2D eigenvalue weighted by atomic mass is 9.87. The summed E-state index contributed by atoms with van der Waals surface area (Å²) >= 11 is 0.